The summed E-state index contributed by atoms with van der Waals surface area (Å²) in [6.45, 7) is 2.22. The number of nitrogens with zero attached hydrogens (tertiary/aromatic N) is 2. The number of anilines is 1. The normalized spacial score (nSPS) is 16.2. The van der Waals surface area contributed by atoms with Gasteiger partial charge in [-0.05, 0) is 29.7 Å². The van der Waals surface area contributed by atoms with E-state index >= 15 is 0 Å². The summed E-state index contributed by atoms with van der Waals surface area (Å²) in [7, 11) is -3.79. The number of fused-ring (bicyclic) bond motifs is 1. The van der Waals surface area contributed by atoms with Gasteiger partial charge in [-0.3, -0.25) is 14.2 Å². The molecule has 1 amide bonds. The summed E-state index contributed by atoms with van der Waals surface area (Å²) in [4.78, 5) is 11.2. The summed E-state index contributed by atoms with van der Waals surface area (Å²) >= 11 is 7.00. The lowest BCUT2D eigenvalue weighted by atomic mass is 10.1. The van der Waals surface area contributed by atoms with Crippen LogP contribution in [0.15, 0.2) is 52.9 Å². The Kier molecular flexibility index (Phi) is 6.36. The van der Waals surface area contributed by atoms with E-state index in [-0.39, 0.29) is 17.5 Å². The van der Waals surface area contributed by atoms with Crippen LogP contribution in [-0.2, 0) is 27.9 Å². The number of thioether (sulfide) groups is 1. The molecule has 1 unspecified atom stereocenters. The summed E-state index contributed by atoms with van der Waals surface area (Å²) in [5.74, 6) is -0.116. The maximum Gasteiger partial charge on any atom is 0.246 e. The number of carbonyl (C=O) groups excluding carboxylic acids is 1. The van der Waals surface area contributed by atoms with Gasteiger partial charge in [-0.1, -0.05) is 59.8 Å². The quantitative estimate of drug-likeness (QED) is 0.463. The number of rotatable bonds is 7. The molecule has 1 atom stereocenters. The van der Waals surface area contributed by atoms with Gasteiger partial charge in [0.15, 0.2) is 5.82 Å². The third-order valence-electron chi connectivity index (χ3n) is 4.92. The molecule has 0 aliphatic carbocycles. The Balaban J connectivity index is 1.65. The van der Waals surface area contributed by atoms with Gasteiger partial charge in [0.1, 0.15) is 10.3 Å². The second-order valence-corrected chi connectivity index (χ2v) is 11.4. The van der Waals surface area contributed by atoms with Crippen molar-refractivity contribution in [3.05, 3.63) is 64.0 Å². The van der Waals surface area contributed by atoms with Crippen molar-refractivity contribution in [1.82, 2.24) is 15.1 Å². The van der Waals surface area contributed by atoms with E-state index in [9.17, 15) is 18.3 Å². The van der Waals surface area contributed by atoms with Gasteiger partial charge in [0.25, 0.3) is 0 Å². The molecule has 1 aliphatic heterocycles. The molecule has 0 fully saturated rings. The molecule has 4 rings (SSSR count). The molecule has 0 bridgehead atoms. The second-order valence-electron chi connectivity index (χ2n) is 7.35. The van der Waals surface area contributed by atoms with Crippen molar-refractivity contribution in [2.24, 2.45) is 0 Å². The molecule has 8 nitrogen and oxygen atoms in total. The zero-order valence-electron chi connectivity index (χ0n) is 17.1. The van der Waals surface area contributed by atoms with Crippen LogP contribution in [0.4, 0.5) is 5.82 Å². The summed E-state index contributed by atoms with van der Waals surface area (Å²) < 4.78 is 29.6. The molecule has 2 aromatic carbocycles. The smallest absolute Gasteiger partial charge is 0.246 e. The maximum atomic E-state index is 12.9. The average molecular weight is 493 g/mol. The van der Waals surface area contributed by atoms with Crippen molar-refractivity contribution >= 4 is 56.0 Å². The van der Waals surface area contributed by atoms with Gasteiger partial charge in [-0.25, -0.2) is 8.42 Å². The highest BCUT2D eigenvalue weighted by molar-refractivity contribution is 8.17. The molecule has 0 radical (unpaired) electrons. The minimum Gasteiger partial charge on any atom is -0.507 e. The van der Waals surface area contributed by atoms with E-state index in [1.807, 2.05) is 24.3 Å². The SMILES string of the molecule is CC(=O)NCc1cccc(Cn2nc(NS(=O)(=O)C3CC=C(Cl)S3)c3c(O)cccc32)c1. The number of hydrogen-bond acceptors (Lipinski definition) is 6. The fourth-order valence-corrected chi connectivity index (χ4v) is 6.50. The molecule has 1 aromatic heterocycles. The number of aromatic hydroxyl groups is 1. The number of phenols is 1. The molecule has 1 aliphatic rings. The number of benzene rings is 2. The van der Waals surface area contributed by atoms with Gasteiger partial charge < -0.3 is 10.4 Å². The molecule has 3 N–H and O–H groups in total. The Morgan fingerprint density at radius 2 is 2.03 bits per heavy atom. The fraction of sp³-hybridized carbons (Fsp3) is 0.238. The first-order valence-electron chi connectivity index (χ1n) is 9.77. The number of allylic oxidation sites excluding steroid dienone is 1. The molecule has 0 spiro atoms. The summed E-state index contributed by atoms with van der Waals surface area (Å²) in [6.07, 6.45) is 1.96. The largest absolute Gasteiger partial charge is 0.507 e. The first-order chi connectivity index (χ1) is 15.2. The van der Waals surface area contributed by atoms with E-state index in [4.69, 9.17) is 11.6 Å². The standard InChI is InChI=1S/C21H21ClN4O4S2/c1-13(27)23-11-14-4-2-5-15(10-14)12-26-16-6-3-7-17(28)20(16)21(24-26)25-32(29,30)19-9-8-18(22)31-19/h2-8,10,19,28H,9,11-12H2,1H3,(H,23,27)(H,24,25). The highest BCUT2D eigenvalue weighted by atomic mass is 35.5. The van der Waals surface area contributed by atoms with Crippen LogP contribution in [0.1, 0.15) is 24.5 Å². The van der Waals surface area contributed by atoms with Gasteiger partial charge in [-0.15, -0.1) is 0 Å². The Morgan fingerprint density at radius 3 is 2.75 bits per heavy atom. The van der Waals surface area contributed by atoms with Crippen LogP contribution in [0.5, 0.6) is 5.75 Å². The van der Waals surface area contributed by atoms with Gasteiger partial charge in [0.2, 0.25) is 15.9 Å². The zero-order valence-corrected chi connectivity index (χ0v) is 19.5. The molecule has 168 valence electrons. The first kappa shape index (κ1) is 22.5. The third-order valence-corrected chi connectivity index (χ3v) is 8.60. The molecule has 2 heterocycles. The Labute approximate surface area is 194 Å². The van der Waals surface area contributed by atoms with E-state index in [0.29, 0.717) is 34.8 Å². The Morgan fingerprint density at radius 1 is 1.28 bits per heavy atom. The molecule has 3 aromatic rings. The van der Waals surface area contributed by atoms with Crippen molar-refractivity contribution in [3.8, 4) is 5.75 Å². The Hall–Kier alpha value is -2.69. The predicted octanol–water partition coefficient (Wildman–Crippen LogP) is 3.71. The number of aromatic nitrogens is 2. The summed E-state index contributed by atoms with van der Waals surface area (Å²) in [5, 5.41) is 18.0. The van der Waals surface area contributed by atoms with Crippen molar-refractivity contribution in [1.29, 1.82) is 0 Å². The fourth-order valence-electron chi connectivity index (χ4n) is 3.44. The van der Waals surface area contributed by atoms with Gasteiger partial charge in [0.05, 0.1) is 21.8 Å². The number of halogens is 1. The molecule has 32 heavy (non-hydrogen) atoms. The maximum absolute atomic E-state index is 12.9. The Bertz CT molecular complexity index is 1320. The summed E-state index contributed by atoms with van der Waals surface area (Å²) in [6, 6.07) is 12.6. The van der Waals surface area contributed by atoms with E-state index in [2.05, 4.69) is 15.1 Å². The van der Waals surface area contributed by atoms with Crippen LogP contribution in [-0.4, -0.2) is 33.8 Å². The number of phenolic OH excluding ortho intramolecular Hbond substituents is 1. The predicted molar refractivity (Wildman–Crippen MR) is 127 cm³/mol. The van der Waals surface area contributed by atoms with E-state index in [0.717, 1.165) is 22.9 Å². The van der Waals surface area contributed by atoms with Crippen molar-refractivity contribution in [2.45, 2.75) is 31.0 Å². The number of nitrogens with one attached hydrogen (secondary N) is 2. The molecule has 11 heteroatoms. The lowest BCUT2D eigenvalue weighted by molar-refractivity contribution is -0.119. The average Bonchev–Trinajstić information content (AvgIpc) is 3.32. The number of amides is 1. The van der Waals surface area contributed by atoms with Crippen molar-refractivity contribution in [2.75, 3.05) is 4.72 Å². The number of carbonyl (C=O) groups is 1. The van der Waals surface area contributed by atoms with Crippen LogP contribution >= 0.6 is 23.4 Å². The topological polar surface area (TPSA) is 113 Å². The highest BCUT2D eigenvalue weighted by Gasteiger charge is 2.31. The van der Waals surface area contributed by atoms with Crippen LogP contribution in [0.25, 0.3) is 10.9 Å². The zero-order chi connectivity index (χ0) is 22.9. The molecular formula is C21H21ClN4O4S2. The van der Waals surface area contributed by atoms with Crippen molar-refractivity contribution in [3.63, 3.8) is 0 Å². The van der Waals surface area contributed by atoms with Crippen LogP contribution in [0, 0.1) is 0 Å². The number of sulfonamides is 1. The first-order valence-corrected chi connectivity index (χ1v) is 12.6. The second kappa shape index (κ2) is 9.05. The van der Waals surface area contributed by atoms with Crippen LogP contribution in [0.3, 0.4) is 0 Å². The summed E-state index contributed by atoms with van der Waals surface area (Å²) in [5.41, 5.74) is 2.43. The lowest BCUT2D eigenvalue weighted by Crippen LogP contribution is -2.23. The highest BCUT2D eigenvalue weighted by Crippen LogP contribution is 2.39. The molecular weight excluding hydrogens is 472 g/mol. The molecule has 0 saturated carbocycles. The third kappa shape index (κ3) is 4.87. The van der Waals surface area contributed by atoms with Crippen LogP contribution < -0.4 is 10.0 Å². The van der Waals surface area contributed by atoms with Crippen LogP contribution in [0.2, 0.25) is 0 Å². The lowest BCUT2D eigenvalue weighted by Gasteiger charge is -2.11. The minimum atomic E-state index is -3.79. The number of hydrogen-bond donors (Lipinski definition) is 3. The van der Waals surface area contributed by atoms with E-state index in [1.54, 1.807) is 22.9 Å². The monoisotopic (exact) mass is 492 g/mol. The minimum absolute atomic E-state index is 0.0659. The van der Waals surface area contributed by atoms with Crippen molar-refractivity contribution < 1.29 is 18.3 Å². The van der Waals surface area contributed by atoms with Gasteiger partial charge in [0, 0.05) is 13.5 Å². The van der Waals surface area contributed by atoms with E-state index in [1.165, 1.54) is 13.0 Å². The van der Waals surface area contributed by atoms with E-state index < -0.39 is 14.6 Å². The van der Waals surface area contributed by atoms with Gasteiger partial charge >= 0.3 is 0 Å². The van der Waals surface area contributed by atoms with Gasteiger partial charge in [-0.2, -0.15) is 5.10 Å². The molecule has 0 saturated heterocycles.